The number of hydrogen-bond acceptors (Lipinski definition) is 3. The van der Waals surface area contributed by atoms with Gasteiger partial charge in [0, 0.05) is 24.9 Å². The SMILES string of the molecule is CCCN(CC(=O)N1CCc2sccc2C1c1ccccc1)C(C)=O. The number of benzene rings is 1. The molecule has 2 aromatic rings. The van der Waals surface area contributed by atoms with Crippen LogP contribution in [0.2, 0.25) is 0 Å². The Morgan fingerprint density at radius 1 is 1.24 bits per heavy atom. The van der Waals surface area contributed by atoms with Gasteiger partial charge in [0.15, 0.2) is 0 Å². The predicted octanol–water partition coefficient (Wildman–Crippen LogP) is 3.48. The van der Waals surface area contributed by atoms with E-state index < -0.39 is 0 Å². The van der Waals surface area contributed by atoms with Crippen LogP contribution in [0.25, 0.3) is 0 Å². The van der Waals surface area contributed by atoms with Crippen molar-refractivity contribution in [2.45, 2.75) is 32.7 Å². The lowest BCUT2D eigenvalue weighted by atomic mass is 9.93. The van der Waals surface area contributed by atoms with Gasteiger partial charge in [-0.3, -0.25) is 9.59 Å². The van der Waals surface area contributed by atoms with E-state index in [1.54, 1.807) is 16.2 Å². The average molecular weight is 356 g/mol. The summed E-state index contributed by atoms with van der Waals surface area (Å²) in [5.74, 6) is -0.0194. The standard InChI is InChI=1S/C20H24N2O2S/c1-3-11-21(15(2)23)14-19(24)22-12-9-18-17(10-13-25-18)20(22)16-7-5-4-6-8-16/h4-8,10,13,20H,3,9,11-12,14H2,1-2H3. The molecular weight excluding hydrogens is 332 g/mol. The Bertz CT molecular complexity index is 741. The van der Waals surface area contributed by atoms with Crippen LogP contribution in [0.5, 0.6) is 0 Å². The summed E-state index contributed by atoms with van der Waals surface area (Å²) in [4.78, 5) is 29.8. The average Bonchev–Trinajstić information content (AvgIpc) is 3.09. The van der Waals surface area contributed by atoms with Gasteiger partial charge in [0.05, 0.1) is 12.6 Å². The molecule has 0 bridgehead atoms. The van der Waals surface area contributed by atoms with Crippen molar-refractivity contribution in [3.63, 3.8) is 0 Å². The lowest BCUT2D eigenvalue weighted by Crippen LogP contribution is -2.46. The fourth-order valence-corrected chi connectivity index (χ4v) is 4.36. The van der Waals surface area contributed by atoms with Crippen molar-refractivity contribution in [2.75, 3.05) is 19.6 Å². The van der Waals surface area contributed by atoms with Crippen molar-refractivity contribution in [1.29, 1.82) is 0 Å². The van der Waals surface area contributed by atoms with Crippen molar-refractivity contribution in [2.24, 2.45) is 0 Å². The van der Waals surface area contributed by atoms with Crippen LogP contribution in [0.15, 0.2) is 41.8 Å². The van der Waals surface area contributed by atoms with Gasteiger partial charge in [0.1, 0.15) is 0 Å². The molecule has 2 amide bonds. The first-order valence-electron chi connectivity index (χ1n) is 8.78. The Kier molecular flexibility index (Phi) is 5.53. The summed E-state index contributed by atoms with van der Waals surface area (Å²) in [6, 6.07) is 12.2. The van der Waals surface area contributed by atoms with E-state index in [1.807, 2.05) is 30.0 Å². The molecule has 0 fully saturated rings. The number of nitrogens with zero attached hydrogens (tertiary/aromatic N) is 2. The summed E-state index contributed by atoms with van der Waals surface area (Å²) >= 11 is 1.76. The van der Waals surface area contributed by atoms with Crippen LogP contribution in [0.4, 0.5) is 0 Å². The van der Waals surface area contributed by atoms with Gasteiger partial charge in [-0.25, -0.2) is 0 Å². The summed E-state index contributed by atoms with van der Waals surface area (Å²) in [6.07, 6.45) is 1.74. The monoisotopic (exact) mass is 356 g/mol. The molecule has 0 spiro atoms. The van der Waals surface area contributed by atoms with Crippen molar-refractivity contribution in [3.8, 4) is 0 Å². The number of fused-ring (bicyclic) bond motifs is 1. The number of thiophene rings is 1. The molecule has 4 nitrogen and oxygen atoms in total. The van der Waals surface area contributed by atoms with Crippen LogP contribution < -0.4 is 0 Å². The summed E-state index contributed by atoms with van der Waals surface area (Å²) in [6.45, 7) is 5.03. The molecule has 2 heterocycles. The van der Waals surface area contributed by atoms with E-state index in [1.165, 1.54) is 17.4 Å². The van der Waals surface area contributed by atoms with Crippen LogP contribution in [0.1, 0.15) is 42.3 Å². The van der Waals surface area contributed by atoms with Gasteiger partial charge >= 0.3 is 0 Å². The Hall–Kier alpha value is -2.14. The van der Waals surface area contributed by atoms with E-state index in [-0.39, 0.29) is 24.4 Å². The van der Waals surface area contributed by atoms with Gasteiger partial charge in [-0.15, -0.1) is 11.3 Å². The number of amides is 2. The first-order chi connectivity index (χ1) is 12.1. The number of carbonyl (C=O) groups is 2. The minimum atomic E-state index is -0.0564. The first kappa shape index (κ1) is 17.7. The third-order valence-corrected chi connectivity index (χ3v) is 5.66. The molecule has 25 heavy (non-hydrogen) atoms. The van der Waals surface area contributed by atoms with E-state index in [4.69, 9.17) is 0 Å². The molecule has 1 unspecified atom stereocenters. The molecule has 1 aromatic carbocycles. The third kappa shape index (κ3) is 3.76. The molecule has 3 rings (SSSR count). The van der Waals surface area contributed by atoms with Gasteiger partial charge in [-0.1, -0.05) is 37.3 Å². The second-order valence-corrected chi connectivity index (χ2v) is 7.39. The molecule has 1 aromatic heterocycles. The second-order valence-electron chi connectivity index (χ2n) is 6.39. The van der Waals surface area contributed by atoms with Crippen LogP contribution in [-0.4, -0.2) is 41.2 Å². The molecule has 1 aliphatic heterocycles. The molecule has 1 aliphatic rings. The number of rotatable bonds is 5. The highest BCUT2D eigenvalue weighted by Crippen LogP contribution is 2.37. The summed E-state index contributed by atoms with van der Waals surface area (Å²) in [5.41, 5.74) is 2.35. The third-order valence-electron chi connectivity index (χ3n) is 4.67. The lowest BCUT2D eigenvalue weighted by Gasteiger charge is -2.37. The van der Waals surface area contributed by atoms with E-state index in [0.29, 0.717) is 13.1 Å². The normalized spacial score (nSPS) is 16.4. The smallest absolute Gasteiger partial charge is 0.242 e. The van der Waals surface area contributed by atoms with E-state index >= 15 is 0 Å². The summed E-state index contributed by atoms with van der Waals surface area (Å²) < 4.78 is 0. The Morgan fingerprint density at radius 3 is 2.68 bits per heavy atom. The summed E-state index contributed by atoms with van der Waals surface area (Å²) in [5, 5.41) is 2.10. The van der Waals surface area contributed by atoms with Crippen molar-refractivity contribution < 1.29 is 9.59 Å². The highest BCUT2D eigenvalue weighted by atomic mass is 32.1. The van der Waals surface area contributed by atoms with Crippen LogP contribution in [-0.2, 0) is 16.0 Å². The fraction of sp³-hybridized carbons (Fsp3) is 0.400. The van der Waals surface area contributed by atoms with Gasteiger partial charge in [0.25, 0.3) is 0 Å². The van der Waals surface area contributed by atoms with Crippen LogP contribution >= 0.6 is 11.3 Å². The first-order valence-corrected chi connectivity index (χ1v) is 9.66. The van der Waals surface area contributed by atoms with Crippen molar-refractivity contribution in [3.05, 3.63) is 57.8 Å². The molecule has 0 radical (unpaired) electrons. The molecule has 0 saturated heterocycles. The second kappa shape index (κ2) is 7.83. The zero-order valence-electron chi connectivity index (χ0n) is 14.8. The number of hydrogen-bond donors (Lipinski definition) is 0. The van der Waals surface area contributed by atoms with Gasteiger partial charge < -0.3 is 9.80 Å². The quantitative estimate of drug-likeness (QED) is 0.823. The van der Waals surface area contributed by atoms with Gasteiger partial charge in [-0.2, -0.15) is 0 Å². The maximum Gasteiger partial charge on any atom is 0.242 e. The van der Waals surface area contributed by atoms with Gasteiger partial charge in [0.2, 0.25) is 11.8 Å². The predicted molar refractivity (Wildman–Crippen MR) is 101 cm³/mol. The minimum Gasteiger partial charge on any atom is -0.334 e. The summed E-state index contributed by atoms with van der Waals surface area (Å²) in [7, 11) is 0. The van der Waals surface area contributed by atoms with Crippen LogP contribution in [0, 0.1) is 0 Å². The van der Waals surface area contributed by atoms with E-state index in [2.05, 4.69) is 23.6 Å². The van der Waals surface area contributed by atoms with Crippen LogP contribution in [0.3, 0.4) is 0 Å². The molecule has 1 atom stereocenters. The largest absolute Gasteiger partial charge is 0.334 e. The lowest BCUT2D eigenvalue weighted by molar-refractivity contribution is -0.140. The molecular formula is C20H24N2O2S. The molecule has 0 aliphatic carbocycles. The number of carbonyl (C=O) groups excluding carboxylic acids is 2. The fourth-order valence-electron chi connectivity index (χ4n) is 3.45. The molecule has 0 saturated carbocycles. The molecule has 5 heteroatoms. The maximum absolute atomic E-state index is 13.0. The Labute approximate surface area is 153 Å². The molecule has 132 valence electrons. The maximum atomic E-state index is 13.0. The Morgan fingerprint density at radius 2 is 2.00 bits per heavy atom. The minimum absolute atomic E-state index is 0.0225. The van der Waals surface area contributed by atoms with E-state index in [9.17, 15) is 9.59 Å². The van der Waals surface area contributed by atoms with Crippen molar-refractivity contribution in [1.82, 2.24) is 9.80 Å². The highest BCUT2D eigenvalue weighted by Gasteiger charge is 2.33. The topological polar surface area (TPSA) is 40.6 Å². The Balaban J connectivity index is 1.89. The van der Waals surface area contributed by atoms with Crippen molar-refractivity contribution >= 4 is 23.2 Å². The van der Waals surface area contributed by atoms with Gasteiger partial charge in [-0.05, 0) is 35.4 Å². The zero-order chi connectivity index (χ0) is 17.8. The molecule has 0 N–H and O–H groups in total. The zero-order valence-corrected chi connectivity index (χ0v) is 15.6. The van der Waals surface area contributed by atoms with E-state index in [0.717, 1.165) is 18.4 Å². The highest BCUT2D eigenvalue weighted by molar-refractivity contribution is 7.10.